The molecular weight excluding hydrogens is 750 g/mol. The van der Waals surface area contributed by atoms with Crippen molar-refractivity contribution in [2.45, 2.75) is 44.9 Å². The van der Waals surface area contributed by atoms with Crippen molar-refractivity contribution in [1.82, 2.24) is 14.5 Å². The van der Waals surface area contributed by atoms with Crippen molar-refractivity contribution >= 4 is 34.6 Å². The van der Waals surface area contributed by atoms with Crippen molar-refractivity contribution in [3.8, 4) is 39.3 Å². The maximum absolute atomic E-state index is 5.76. The maximum atomic E-state index is 5.76. The van der Waals surface area contributed by atoms with E-state index in [0.29, 0.717) is 0 Å². The Hall–Kier alpha value is -4.11. The monoisotopic (exact) mass is 782 g/mol. The van der Waals surface area contributed by atoms with E-state index in [1.807, 2.05) is 30.5 Å². The molecule has 5 heteroatoms. The van der Waals surface area contributed by atoms with Gasteiger partial charge < -0.3 is 17.2 Å². The first kappa shape index (κ1) is 30.9. The zero-order chi connectivity index (χ0) is 30.6. The normalized spacial score (nSPS) is 11.6. The van der Waals surface area contributed by atoms with Gasteiger partial charge in [-0.15, -0.1) is 29.8 Å². The number of hydrogen-bond acceptors (Lipinski definition) is 3. The summed E-state index contributed by atoms with van der Waals surface area (Å²) in [6.07, 6.45) is 1.87. The van der Waals surface area contributed by atoms with Gasteiger partial charge in [-0.05, 0) is 59.0 Å². The minimum absolute atomic E-state index is 0. The van der Waals surface area contributed by atoms with Gasteiger partial charge in [-0.25, -0.2) is 0 Å². The third kappa shape index (κ3) is 5.52. The van der Waals surface area contributed by atoms with Crippen molar-refractivity contribution in [2.75, 3.05) is 0 Å². The summed E-state index contributed by atoms with van der Waals surface area (Å²) in [5.41, 5.74) is 12.7. The Bertz CT molecular complexity index is 2190. The molecule has 0 unspecified atom stereocenters. The van der Waals surface area contributed by atoms with Crippen LogP contribution in [0.15, 0.2) is 114 Å². The van der Waals surface area contributed by atoms with Crippen molar-refractivity contribution in [1.29, 1.82) is 0 Å². The fourth-order valence-electron chi connectivity index (χ4n) is 6.16. The fraction of sp³-hybridized carbons (Fsp3) is 0.150. The maximum Gasteiger partial charge on any atom is 2.00 e. The number of para-hydroxylation sites is 2. The quantitative estimate of drug-likeness (QED) is 0.132. The summed E-state index contributed by atoms with van der Waals surface area (Å²) in [5.74, 6) is 0.845. The zero-order valence-corrected chi connectivity index (χ0v) is 29.0. The fourth-order valence-corrected chi connectivity index (χ4v) is 6.41. The van der Waals surface area contributed by atoms with E-state index in [2.05, 4.69) is 124 Å². The average Bonchev–Trinajstić information content (AvgIpc) is 3.40. The van der Waals surface area contributed by atoms with Crippen LogP contribution in [-0.4, -0.2) is 14.5 Å². The van der Waals surface area contributed by atoms with Crippen LogP contribution >= 0.6 is 0 Å². The van der Waals surface area contributed by atoms with Gasteiger partial charge >= 0.3 is 21.1 Å². The molecule has 0 saturated heterocycles. The topological polar surface area (TPSA) is 30.7 Å². The number of aryl methyl sites for hydroxylation is 2. The van der Waals surface area contributed by atoms with E-state index in [1.54, 1.807) is 0 Å². The standard InChI is InChI=1S/C40H34N3S.Pt/c1-25-12-8-13-26(2)38(25)43-34-19-10-18-32(31-17-6-7-20-35(31)44)37(34)42-39(43)29-15-9-14-27(22-29)33-24-30(40(3,4)5)23-28-16-11-21-41-36(28)33;/h6-21,23-24,44H,1-5H3;/q-1;+2/p-1. The van der Waals surface area contributed by atoms with E-state index in [4.69, 9.17) is 22.6 Å². The number of rotatable bonds is 4. The van der Waals surface area contributed by atoms with Crippen LogP contribution in [0.5, 0.6) is 0 Å². The molecule has 0 bridgehead atoms. The largest absolute Gasteiger partial charge is 2.00 e. The molecule has 2 heterocycles. The van der Waals surface area contributed by atoms with Gasteiger partial charge in [0.25, 0.3) is 0 Å². The first-order valence-corrected chi connectivity index (χ1v) is 15.4. The number of nitrogens with zero attached hydrogens (tertiary/aromatic N) is 3. The van der Waals surface area contributed by atoms with Crippen LogP contribution in [0.2, 0.25) is 0 Å². The second-order valence-corrected chi connectivity index (χ2v) is 12.9. The van der Waals surface area contributed by atoms with Crippen LogP contribution in [0, 0.1) is 19.9 Å². The van der Waals surface area contributed by atoms with E-state index in [9.17, 15) is 0 Å². The summed E-state index contributed by atoms with van der Waals surface area (Å²) in [7, 11) is 0. The molecule has 7 aromatic rings. The first-order chi connectivity index (χ1) is 21.2. The molecule has 45 heavy (non-hydrogen) atoms. The molecule has 7 rings (SSSR count). The van der Waals surface area contributed by atoms with Gasteiger partial charge in [-0.3, -0.25) is 9.97 Å². The Morgan fingerprint density at radius 2 is 1.38 bits per heavy atom. The average molecular weight is 783 g/mol. The molecule has 0 aliphatic rings. The molecule has 0 radical (unpaired) electrons. The van der Waals surface area contributed by atoms with Gasteiger partial charge in [-0.2, -0.15) is 4.90 Å². The van der Waals surface area contributed by atoms with E-state index in [1.165, 1.54) is 16.7 Å². The Balaban J connectivity index is 0.00000357. The minimum atomic E-state index is -0.00979. The molecule has 0 amide bonds. The third-order valence-corrected chi connectivity index (χ3v) is 8.78. The molecule has 0 aliphatic heterocycles. The summed E-state index contributed by atoms with van der Waals surface area (Å²) < 4.78 is 2.30. The molecule has 0 aliphatic carbocycles. The predicted octanol–water partition coefficient (Wildman–Crippen LogP) is 10.2. The molecule has 0 saturated carbocycles. The van der Waals surface area contributed by atoms with Gasteiger partial charge in [0.05, 0.1) is 16.9 Å². The van der Waals surface area contributed by atoms with Gasteiger partial charge in [0.1, 0.15) is 0 Å². The van der Waals surface area contributed by atoms with E-state index >= 15 is 0 Å². The molecule has 0 fully saturated rings. The van der Waals surface area contributed by atoms with Gasteiger partial charge in [0.15, 0.2) is 0 Å². The first-order valence-electron chi connectivity index (χ1n) is 15.0. The Morgan fingerprint density at radius 1 is 0.689 bits per heavy atom. The van der Waals surface area contributed by atoms with Crippen LogP contribution in [-0.2, 0) is 39.1 Å². The van der Waals surface area contributed by atoms with Crippen LogP contribution in [0.3, 0.4) is 0 Å². The molecule has 3 nitrogen and oxygen atoms in total. The molecule has 0 N–H and O–H groups in total. The van der Waals surface area contributed by atoms with Crippen LogP contribution < -0.4 is 0 Å². The number of pyridine rings is 1. The molecular formula is C40H33N3PtS. The van der Waals surface area contributed by atoms with E-state index < -0.39 is 0 Å². The van der Waals surface area contributed by atoms with Crippen molar-refractivity contribution in [3.05, 3.63) is 132 Å². The molecule has 0 atom stereocenters. The number of hydrogen-bond donors (Lipinski definition) is 0. The van der Waals surface area contributed by atoms with Crippen molar-refractivity contribution in [3.63, 3.8) is 0 Å². The Kier molecular flexibility index (Phi) is 8.24. The van der Waals surface area contributed by atoms with E-state index in [0.717, 1.165) is 66.2 Å². The third-order valence-electron chi connectivity index (χ3n) is 8.42. The second kappa shape index (κ2) is 12.0. The summed E-state index contributed by atoms with van der Waals surface area (Å²) in [6.45, 7) is 11.1. The number of imidazole rings is 1. The summed E-state index contributed by atoms with van der Waals surface area (Å²) >= 11 is 5.76. The van der Waals surface area contributed by atoms with Gasteiger partial charge in [0, 0.05) is 23.0 Å². The molecule has 0 spiro atoms. The molecule has 224 valence electrons. The Morgan fingerprint density at radius 3 is 2.13 bits per heavy atom. The number of benzene rings is 5. The number of fused-ring (bicyclic) bond motifs is 2. The Labute approximate surface area is 285 Å². The molecule has 2 aromatic heterocycles. The van der Waals surface area contributed by atoms with Gasteiger partial charge in [0.2, 0.25) is 0 Å². The van der Waals surface area contributed by atoms with Crippen LogP contribution in [0.25, 0.3) is 61.3 Å². The van der Waals surface area contributed by atoms with Crippen molar-refractivity contribution in [2.24, 2.45) is 0 Å². The second-order valence-electron chi connectivity index (χ2n) is 12.5. The summed E-state index contributed by atoms with van der Waals surface area (Å²) in [5, 5.41) is 1.13. The SMILES string of the molecule is Cc1cccc(C)c1-n1c(-c2[c-]c(-c3cc(C(C)(C)C)cc4cccnc34)ccc2)nc2c(-c3ccccc3[S-])cccc21.[Pt+2]. The van der Waals surface area contributed by atoms with Gasteiger partial charge in [-0.1, -0.05) is 105 Å². The smallest absolute Gasteiger partial charge is 0.779 e. The van der Waals surface area contributed by atoms with Crippen LogP contribution in [0.1, 0.15) is 37.5 Å². The zero-order valence-electron chi connectivity index (χ0n) is 26.0. The summed E-state index contributed by atoms with van der Waals surface area (Å²) in [4.78, 5) is 11.0. The number of aromatic nitrogens is 3. The molecule has 5 aromatic carbocycles. The minimum Gasteiger partial charge on any atom is -0.779 e. The predicted molar refractivity (Wildman–Crippen MR) is 185 cm³/mol. The van der Waals surface area contributed by atoms with E-state index in [-0.39, 0.29) is 26.5 Å². The van der Waals surface area contributed by atoms with Crippen LogP contribution in [0.4, 0.5) is 0 Å². The summed E-state index contributed by atoms with van der Waals surface area (Å²) in [6, 6.07) is 39.7. The van der Waals surface area contributed by atoms with Crippen molar-refractivity contribution < 1.29 is 21.1 Å².